The average molecular weight is 312 g/mol. The van der Waals surface area contributed by atoms with Crippen LogP contribution >= 0.6 is 0 Å². The van der Waals surface area contributed by atoms with E-state index in [1.807, 2.05) is 0 Å². The highest BCUT2D eigenvalue weighted by Crippen LogP contribution is 2.18. The number of fused-ring (bicyclic) bond motifs is 1. The molecular formula is C17H37N5. The SMILES string of the molecule is C1CCNC2CCCCC2NCCCNCCNCCNC1. The van der Waals surface area contributed by atoms with Crippen molar-refractivity contribution in [3.63, 3.8) is 0 Å². The van der Waals surface area contributed by atoms with E-state index in [0.29, 0.717) is 12.1 Å². The molecule has 0 radical (unpaired) electrons. The molecule has 2 atom stereocenters. The molecule has 0 bridgehead atoms. The van der Waals surface area contributed by atoms with E-state index in [9.17, 15) is 0 Å². The van der Waals surface area contributed by atoms with Crippen molar-refractivity contribution in [2.24, 2.45) is 0 Å². The Morgan fingerprint density at radius 1 is 0.409 bits per heavy atom. The summed E-state index contributed by atoms with van der Waals surface area (Å²) in [5.41, 5.74) is 0. The minimum Gasteiger partial charge on any atom is -0.315 e. The standard InChI is InChI=1S/C17H37N5/c1-2-7-17-16(6-1)21-10-4-3-8-18-12-14-20-15-13-19-9-5-11-22-17/h16-22H,1-15H2. The summed E-state index contributed by atoms with van der Waals surface area (Å²) in [6.07, 6.45) is 9.27. The molecular weight excluding hydrogens is 274 g/mol. The third-order valence-corrected chi connectivity index (χ3v) is 4.85. The molecule has 2 rings (SSSR count). The highest BCUT2D eigenvalue weighted by molar-refractivity contribution is 4.86. The third kappa shape index (κ3) is 7.88. The van der Waals surface area contributed by atoms with Crippen molar-refractivity contribution < 1.29 is 0 Å². The molecule has 1 saturated heterocycles. The van der Waals surface area contributed by atoms with E-state index in [4.69, 9.17) is 0 Å². The van der Waals surface area contributed by atoms with Crippen LogP contribution < -0.4 is 26.6 Å². The molecule has 1 aliphatic carbocycles. The second-order valence-electron chi connectivity index (χ2n) is 6.72. The summed E-state index contributed by atoms with van der Waals surface area (Å²) in [7, 11) is 0. The number of hydrogen-bond donors (Lipinski definition) is 5. The summed E-state index contributed by atoms with van der Waals surface area (Å²) < 4.78 is 0. The Morgan fingerprint density at radius 3 is 1.50 bits per heavy atom. The molecule has 2 fully saturated rings. The summed E-state index contributed by atoms with van der Waals surface area (Å²) in [6.45, 7) is 8.90. The summed E-state index contributed by atoms with van der Waals surface area (Å²) in [4.78, 5) is 0. The Labute approximate surface area is 136 Å². The normalized spacial score (nSPS) is 31.6. The van der Waals surface area contributed by atoms with Crippen LogP contribution in [0.2, 0.25) is 0 Å². The predicted octanol–water partition coefficient (Wildman–Crippen LogP) is 0.430. The Balaban J connectivity index is 1.69. The summed E-state index contributed by atoms with van der Waals surface area (Å²) in [6, 6.07) is 1.38. The molecule has 0 aromatic carbocycles. The smallest absolute Gasteiger partial charge is 0.0221 e. The maximum Gasteiger partial charge on any atom is 0.0221 e. The molecule has 2 unspecified atom stereocenters. The van der Waals surface area contributed by atoms with Crippen LogP contribution in [0.5, 0.6) is 0 Å². The zero-order valence-electron chi connectivity index (χ0n) is 14.3. The lowest BCUT2D eigenvalue weighted by Crippen LogP contribution is -2.50. The van der Waals surface area contributed by atoms with Crippen LogP contribution in [0.3, 0.4) is 0 Å². The lowest BCUT2D eigenvalue weighted by molar-refractivity contribution is 0.282. The van der Waals surface area contributed by atoms with Crippen molar-refractivity contribution in [3.8, 4) is 0 Å². The molecule has 5 nitrogen and oxygen atoms in total. The van der Waals surface area contributed by atoms with Gasteiger partial charge in [0, 0.05) is 38.3 Å². The van der Waals surface area contributed by atoms with Gasteiger partial charge in [-0.25, -0.2) is 0 Å². The first-order chi connectivity index (χ1) is 11.0. The molecule has 5 heteroatoms. The van der Waals surface area contributed by atoms with Crippen molar-refractivity contribution in [3.05, 3.63) is 0 Å². The fourth-order valence-electron chi connectivity index (χ4n) is 3.51. The van der Waals surface area contributed by atoms with E-state index in [0.717, 1.165) is 45.8 Å². The van der Waals surface area contributed by atoms with Gasteiger partial charge in [0.05, 0.1) is 0 Å². The zero-order valence-corrected chi connectivity index (χ0v) is 14.3. The van der Waals surface area contributed by atoms with Gasteiger partial charge in [-0.3, -0.25) is 0 Å². The minimum atomic E-state index is 0.687. The van der Waals surface area contributed by atoms with Gasteiger partial charge in [-0.2, -0.15) is 0 Å². The average Bonchev–Trinajstić information content (AvgIpc) is 2.55. The molecule has 2 aliphatic rings. The van der Waals surface area contributed by atoms with Crippen LogP contribution in [-0.2, 0) is 0 Å². The molecule has 0 aromatic rings. The Morgan fingerprint density at radius 2 is 0.864 bits per heavy atom. The van der Waals surface area contributed by atoms with E-state index in [-0.39, 0.29) is 0 Å². The maximum absolute atomic E-state index is 3.81. The van der Waals surface area contributed by atoms with Gasteiger partial charge in [0.25, 0.3) is 0 Å². The Hall–Kier alpha value is -0.200. The molecule has 1 heterocycles. The summed E-state index contributed by atoms with van der Waals surface area (Å²) >= 11 is 0. The highest BCUT2D eigenvalue weighted by atomic mass is 15.0. The lowest BCUT2D eigenvalue weighted by atomic mass is 9.90. The highest BCUT2D eigenvalue weighted by Gasteiger charge is 2.23. The van der Waals surface area contributed by atoms with Crippen LogP contribution in [0.4, 0.5) is 0 Å². The molecule has 22 heavy (non-hydrogen) atoms. The van der Waals surface area contributed by atoms with Gasteiger partial charge in [-0.05, 0) is 58.3 Å². The first-order valence-electron chi connectivity index (χ1n) is 9.56. The fourth-order valence-corrected chi connectivity index (χ4v) is 3.51. The molecule has 0 spiro atoms. The fraction of sp³-hybridized carbons (Fsp3) is 1.00. The molecule has 1 aliphatic heterocycles. The first kappa shape index (κ1) is 18.1. The van der Waals surface area contributed by atoms with Crippen molar-refractivity contribution in [1.82, 2.24) is 26.6 Å². The van der Waals surface area contributed by atoms with Gasteiger partial charge in [-0.1, -0.05) is 12.8 Å². The first-order valence-corrected chi connectivity index (χ1v) is 9.56. The van der Waals surface area contributed by atoms with E-state index in [1.54, 1.807) is 0 Å². The van der Waals surface area contributed by atoms with Crippen LogP contribution in [0.15, 0.2) is 0 Å². The van der Waals surface area contributed by atoms with Crippen LogP contribution in [0.25, 0.3) is 0 Å². The molecule has 0 aromatic heterocycles. The van der Waals surface area contributed by atoms with Crippen LogP contribution in [-0.4, -0.2) is 64.4 Å². The summed E-state index contributed by atoms with van der Waals surface area (Å²) in [5.74, 6) is 0. The van der Waals surface area contributed by atoms with Crippen LogP contribution in [0.1, 0.15) is 44.9 Å². The lowest BCUT2D eigenvalue weighted by Gasteiger charge is -2.33. The van der Waals surface area contributed by atoms with Crippen molar-refractivity contribution in [1.29, 1.82) is 0 Å². The van der Waals surface area contributed by atoms with Gasteiger partial charge in [-0.15, -0.1) is 0 Å². The largest absolute Gasteiger partial charge is 0.315 e. The van der Waals surface area contributed by atoms with Crippen molar-refractivity contribution in [2.45, 2.75) is 57.0 Å². The van der Waals surface area contributed by atoms with Gasteiger partial charge in [0.15, 0.2) is 0 Å². The molecule has 5 N–H and O–H groups in total. The topological polar surface area (TPSA) is 60.1 Å². The minimum absolute atomic E-state index is 0.687. The van der Waals surface area contributed by atoms with Gasteiger partial charge >= 0.3 is 0 Å². The Kier molecular flexibility index (Phi) is 10.1. The van der Waals surface area contributed by atoms with Crippen molar-refractivity contribution >= 4 is 0 Å². The third-order valence-electron chi connectivity index (χ3n) is 4.85. The van der Waals surface area contributed by atoms with Crippen LogP contribution in [0, 0.1) is 0 Å². The van der Waals surface area contributed by atoms with Gasteiger partial charge < -0.3 is 26.6 Å². The number of hydrogen-bond acceptors (Lipinski definition) is 5. The van der Waals surface area contributed by atoms with E-state index in [1.165, 1.54) is 51.5 Å². The van der Waals surface area contributed by atoms with E-state index < -0.39 is 0 Å². The number of rotatable bonds is 0. The predicted molar refractivity (Wildman–Crippen MR) is 94.5 cm³/mol. The second-order valence-corrected chi connectivity index (χ2v) is 6.72. The van der Waals surface area contributed by atoms with E-state index in [2.05, 4.69) is 26.6 Å². The monoisotopic (exact) mass is 311 g/mol. The molecule has 130 valence electrons. The number of nitrogens with one attached hydrogen (secondary N) is 5. The quantitative estimate of drug-likeness (QED) is 0.449. The van der Waals surface area contributed by atoms with E-state index >= 15 is 0 Å². The maximum atomic E-state index is 3.81. The van der Waals surface area contributed by atoms with Crippen molar-refractivity contribution in [2.75, 3.05) is 52.4 Å². The zero-order chi connectivity index (χ0) is 15.3. The van der Waals surface area contributed by atoms with Gasteiger partial charge in [0.1, 0.15) is 0 Å². The second kappa shape index (κ2) is 12.3. The van der Waals surface area contributed by atoms with Gasteiger partial charge in [0.2, 0.25) is 0 Å². The summed E-state index contributed by atoms with van der Waals surface area (Å²) in [5, 5.41) is 18.1. The molecule has 1 saturated carbocycles. The Bertz CT molecular complexity index is 235. The molecule has 0 amide bonds.